The van der Waals surface area contributed by atoms with Crippen LogP contribution in [0.1, 0.15) is 23.6 Å². The number of carbonyl (C=O) groups is 3. The zero-order valence-electron chi connectivity index (χ0n) is 15.7. The van der Waals surface area contributed by atoms with Crippen molar-refractivity contribution in [1.29, 1.82) is 0 Å². The molecule has 2 aromatic rings. The molecule has 1 aliphatic rings. The van der Waals surface area contributed by atoms with Gasteiger partial charge in [-0.05, 0) is 54.8 Å². The van der Waals surface area contributed by atoms with Crippen LogP contribution in [0, 0.1) is 13.8 Å². The lowest BCUT2D eigenvalue weighted by Gasteiger charge is -2.11. The van der Waals surface area contributed by atoms with E-state index >= 15 is 0 Å². The fourth-order valence-corrected chi connectivity index (χ4v) is 3.14. The molecule has 2 aromatic carbocycles. The molecule has 0 aliphatic carbocycles. The number of imide groups is 1. The van der Waals surface area contributed by atoms with E-state index in [1.807, 2.05) is 32.0 Å². The van der Waals surface area contributed by atoms with Gasteiger partial charge in [0.2, 0.25) is 5.91 Å². The van der Waals surface area contributed by atoms with Crippen LogP contribution in [-0.4, -0.2) is 29.7 Å². The predicted octanol–water partition coefficient (Wildman–Crippen LogP) is 3.08. The second-order valence-electron chi connectivity index (χ2n) is 6.68. The quantitative estimate of drug-likeness (QED) is 0.819. The van der Waals surface area contributed by atoms with Crippen LogP contribution in [0.25, 0.3) is 5.57 Å². The molecule has 6 nitrogen and oxygen atoms in total. The van der Waals surface area contributed by atoms with E-state index < -0.39 is 0 Å². The Hall–Kier alpha value is -3.41. The summed E-state index contributed by atoms with van der Waals surface area (Å²) in [6.07, 6.45) is 0. The van der Waals surface area contributed by atoms with E-state index in [0.717, 1.165) is 21.7 Å². The minimum atomic E-state index is -0.375. The van der Waals surface area contributed by atoms with Gasteiger partial charge in [-0.1, -0.05) is 18.2 Å². The highest BCUT2D eigenvalue weighted by Gasteiger charge is 2.36. The standard InChI is InChI=1S/C21H21N3O3/c1-12-9-13(2)11-17(10-12)23-19-18(20(26)24(4)21(19)27)15-5-7-16(8-6-15)22-14(3)25/h5-11,23H,1-4H3,(H,22,25). The number of nitrogens with zero attached hydrogens (tertiary/aromatic N) is 1. The molecule has 1 heterocycles. The molecule has 0 radical (unpaired) electrons. The first-order valence-corrected chi connectivity index (χ1v) is 8.56. The van der Waals surface area contributed by atoms with Crippen molar-refractivity contribution in [3.8, 4) is 0 Å². The molecule has 0 atom stereocenters. The van der Waals surface area contributed by atoms with Crippen molar-refractivity contribution in [2.75, 3.05) is 17.7 Å². The summed E-state index contributed by atoms with van der Waals surface area (Å²) in [7, 11) is 1.46. The van der Waals surface area contributed by atoms with Gasteiger partial charge in [-0.25, -0.2) is 0 Å². The monoisotopic (exact) mass is 363 g/mol. The molecular formula is C21H21N3O3. The Morgan fingerprint density at radius 3 is 2.04 bits per heavy atom. The second-order valence-corrected chi connectivity index (χ2v) is 6.68. The van der Waals surface area contributed by atoms with Crippen molar-refractivity contribution in [2.45, 2.75) is 20.8 Å². The summed E-state index contributed by atoms with van der Waals surface area (Å²) in [5.41, 5.74) is 4.68. The third kappa shape index (κ3) is 3.74. The molecule has 1 aliphatic heterocycles. The first kappa shape index (κ1) is 18.4. The molecule has 0 fully saturated rings. The average Bonchev–Trinajstić information content (AvgIpc) is 2.79. The van der Waals surface area contributed by atoms with Crippen LogP contribution in [0.4, 0.5) is 11.4 Å². The number of hydrogen-bond donors (Lipinski definition) is 2. The number of likely N-dealkylation sites (N-methyl/N-ethyl adjacent to an activating group) is 1. The van der Waals surface area contributed by atoms with Gasteiger partial charge >= 0.3 is 0 Å². The summed E-state index contributed by atoms with van der Waals surface area (Å²) < 4.78 is 0. The first-order chi connectivity index (χ1) is 12.8. The van der Waals surface area contributed by atoms with E-state index in [1.165, 1.54) is 14.0 Å². The fraction of sp³-hybridized carbons (Fsp3) is 0.190. The highest BCUT2D eigenvalue weighted by molar-refractivity contribution is 6.36. The Balaban J connectivity index is 2.03. The Labute approximate surface area is 157 Å². The summed E-state index contributed by atoms with van der Waals surface area (Å²) in [4.78, 5) is 37.5. The molecule has 0 spiro atoms. The maximum Gasteiger partial charge on any atom is 0.277 e. The highest BCUT2D eigenvalue weighted by Crippen LogP contribution is 2.30. The molecule has 0 unspecified atom stereocenters. The fourth-order valence-electron chi connectivity index (χ4n) is 3.14. The molecule has 0 saturated carbocycles. The van der Waals surface area contributed by atoms with Gasteiger partial charge in [0.05, 0.1) is 5.57 Å². The van der Waals surface area contributed by atoms with Crippen LogP contribution in [0.2, 0.25) is 0 Å². The number of hydrogen-bond acceptors (Lipinski definition) is 4. The van der Waals surface area contributed by atoms with Gasteiger partial charge in [0.1, 0.15) is 5.70 Å². The Bertz CT molecular complexity index is 954. The number of rotatable bonds is 4. The van der Waals surface area contributed by atoms with Crippen molar-refractivity contribution in [3.05, 3.63) is 64.9 Å². The van der Waals surface area contributed by atoms with E-state index in [0.29, 0.717) is 16.8 Å². The van der Waals surface area contributed by atoms with Crippen LogP contribution < -0.4 is 10.6 Å². The van der Waals surface area contributed by atoms with Crippen molar-refractivity contribution in [3.63, 3.8) is 0 Å². The highest BCUT2D eigenvalue weighted by atomic mass is 16.2. The maximum atomic E-state index is 12.7. The lowest BCUT2D eigenvalue weighted by molar-refractivity contribution is -0.135. The van der Waals surface area contributed by atoms with E-state index in [4.69, 9.17) is 0 Å². The van der Waals surface area contributed by atoms with Crippen LogP contribution >= 0.6 is 0 Å². The lowest BCUT2D eigenvalue weighted by atomic mass is 10.0. The molecule has 3 amide bonds. The van der Waals surface area contributed by atoms with Crippen molar-refractivity contribution in [2.24, 2.45) is 0 Å². The van der Waals surface area contributed by atoms with Gasteiger partial charge in [0.25, 0.3) is 11.8 Å². The predicted molar refractivity (Wildman–Crippen MR) is 105 cm³/mol. The van der Waals surface area contributed by atoms with Crippen LogP contribution in [0.5, 0.6) is 0 Å². The van der Waals surface area contributed by atoms with Gasteiger partial charge < -0.3 is 10.6 Å². The Morgan fingerprint density at radius 1 is 0.889 bits per heavy atom. The Kier molecular flexibility index (Phi) is 4.81. The van der Waals surface area contributed by atoms with E-state index in [2.05, 4.69) is 10.6 Å². The van der Waals surface area contributed by atoms with Gasteiger partial charge in [-0.3, -0.25) is 19.3 Å². The molecule has 138 valence electrons. The molecular weight excluding hydrogens is 342 g/mol. The number of anilines is 2. The summed E-state index contributed by atoms with van der Waals surface area (Å²) in [6.45, 7) is 5.38. The van der Waals surface area contributed by atoms with Crippen LogP contribution in [-0.2, 0) is 14.4 Å². The lowest BCUT2D eigenvalue weighted by Crippen LogP contribution is -2.27. The topological polar surface area (TPSA) is 78.5 Å². The number of benzene rings is 2. The average molecular weight is 363 g/mol. The minimum absolute atomic E-state index is 0.175. The van der Waals surface area contributed by atoms with E-state index in [1.54, 1.807) is 24.3 Å². The normalized spacial score (nSPS) is 14.0. The van der Waals surface area contributed by atoms with E-state index in [-0.39, 0.29) is 23.4 Å². The molecule has 0 saturated heterocycles. The van der Waals surface area contributed by atoms with E-state index in [9.17, 15) is 14.4 Å². The van der Waals surface area contributed by atoms with Crippen molar-refractivity contribution < 1.29 is 14.4 Å². The van der Waals surface area contributed by atoms with Crippen molar-refractivity contribution >= 4 is 34.7 Å². The van der Waals surface area contributed by atoms with Crippen molar-refractivity contribution in [1.82, 2.24) is 4.90 Å². The summed E-state index contributed by atoms with van der Waals surface area (Å²) in [5.74, 6) is -0.912. The minimum Gasteiger partial charge on any atom is -0.350 e. The maximum absolute atomic E-state index is 12.7. The smallest absolute Gasteiger partial charge is 0.277 e. The molecule has 2 N–H and O–H groups in total. The van der Waals surface area contributed by atoms with Crippen LogP contribution in [0.15, 0.2) is 48.2 Å². The van der Waals surface area contributed by atoms with Gasteiger partial charge in [-0.2, -0.15) is 0 Å². The molecule has 6 heteroatoms. The number of carbonyl (C=O) groups excluding carboxylic acids is 3. The SMILES string of the molecule is CC(=O)Nc1ccc(C2=C(Nc3cc(C)cc(C)c3)C(=O)N(C)C2=O)cc1. The number of aryl methyl sites for hydroxylation is 2. The second kappa shape index (κ2) is 7.07. The summed E-state index contributed by atoms with van der Waals surface area (Å²) in [6, 6.07) is 12.7. The third-order valence-corrected chi connectivity index (χ3v) is 4.27. The van der Waals surface area contributed by atoms with Gasteiger partial charge in [0, 0.05) is 25.3 Å². The van der Waals surface area contributed by atoms with Gasteiger partial charge in [0.15, 0.2) is 0 Å². The Morgan fingerprint density at radius 2 is 1.48 bits per heavy atom. The number of amides is 3. The summed E-state index contributed by atoms with van der Waals surface area (Å²) in [5, 5.41) is 5.81. The first-order valence-electron chi connectivity index (χ1n) is 8.56. The molecule has 0 bridgehead atoms. The molecule has 0 aromatic heterocycles. The van der Waals surface area contributed by atoms with Gasteiger partial charge in [-0.15, -0.1) is 0 Å². The zero-order valence-corrected chi connectivity index (χ0v) is 15.7. The van der Waals surface area contributed by atoms with Crippen LogP contribution in [0.3, 0.4) is 0 Å². The number of nitrogens with one attached hydrogen (secondary N) is 2. The molecule has 3 rings (SSSR count). The zero-order chi connectivity index (χ0) is 19.7. The largest absolute Gasteiger partial charge is 0.350 e. The summed E-state index contributed by atoms with van der Waals surface area (Å²) >= 11 is 0. The third-order valence-electron chi connectivity index (χ3n) is 4.27. The molecule has 27 heavy (non-hydrogen) atoms.